The molecule has 1 aliphatic heterocycles. The first kappa shape index (κ1) is 13.8. The van der Waals surface area contributed by atoms with Crippen molar-refractivity contribution in [2.45, 2.75) is 45.1 Å². The lowest BCUT2D eigenvalue weighted by atomic mass is 9.96. The van der Waals surface area contributed by atoms with Gasteiger partial charge in [-0.05, 0) is 31.7 Å². The fourth-order valence-corrected chi connectivity index (χ4v) is 2.63. The van der Waals surface area contributed by atoms with Crippen LogP contribution in [-0.2, 0) is 4.79 Å². The van der Waals surface area contributed by atoms with Gasteiger partial charge in [-0.2, -0.15) is 0 Å². The molecule has 1 amide bonds. The molecule has 2 rings (SSSR count). The van der Waals surface area contributed by atoms with E-state index in [0.29, 0.717) is 0 Å². The normalized spacial score (nSPS) is 19.2. The van der Waals surface area contributed by atoms with Gasteiger partial charge in [0, 0.05) is 24.8 Å². The number of amides is 1. The lowest BCUT2D eigenvalue weighted by Crippen LogP contribution is -2.32. The molecule has 4 heteroatoms. The van der Waals surface area contributed by atoms with E-state index in [1.165, 1.54) is 12.8 Å². The molecular formula is C15H23N3O. The largest absolute Gasteiger partial charge is 0.370 e. The molecule has 4 nitrogen and oxygen atoms in total. The van der Waals surface area contributed by atoms with Gasteiger partial charge in [-0.25, -0.2) is 4.98 Å². The van der Waals surface area contributed by atoms with Crippen molar-refractivity contribution in [3.8, 4) is 0 Å². The Kier molecular flexibility index (Phi) is 5.19. The first-order chi connectivity index (χ1) is 9.36. The second-order valence-corrected chi connectivity index (χ2v) is 5.08. The summed E-state index contributed by atoms with van der Waals surface area (Å²) in [6.07, 6.45) is 8.41. The van der Waals surface area contributed by atoms with Crippen molar-refractivity contribution in [1.82, 2.24) is 9.88 Å². The maximum Gasteiger partial charge on any atom is 0.210 e. The zero-order valence-corrected chi connectivity index (χ0v) is 11.6. The molecule has 0 radical (unpaired) electrons. The Bertz CT molecular complexity index is 408. The van der Waals surface area contributed by atoms with Crippen LogP contribution in [0.3, 0.4) is 0 Å². The monoisotopic (exact) mass is 261 g/mol. The predicted octanol–water partition coefficient (Wildman–Crippen LogP) is 2.98. The van der Waals surface area contributed by atoms with Crippen molar-refractivity contribution in [3.63, 3.8) is 0 Å². The molecule has 0 bridgehead atoms. The number of piperidine rings is 1. The number of hydrogen-bond donors (Lipinski definition) is 1. The topological polar surface area (TPSA) is 45.2 Å². The third-order valence-electron chi connectivity index (χ3n) is 3.70. The van der Waals surface area contributed by atoms with Gasteiger partial charge in [0.25, 0.3) is 0 Å². The van der Waals surface area contributed by atoms with Gasteiger partial charge >= 0.3 is 0 Å². The molecule has 104 valence electrons. The Morgan fingerprint density at radius 3 is 3.21 bits per heavy atom. The van der Waals surface area contributed by atoms with Crippen LogP contribution >= 0.6 is 0 Å². The summed E-state index contributed by atoms with van der Waals surface area (Å²) in [7, 11) is 0. The third kappa shape index (κ3) is 3.46. The molecule has 0 saturated carbocycles. The number of aromatic nitrogens is 1. The minimum absolute atomic E-state index is 0.184. The molecule has 0 aromatic carbocycles. The molecule has 0 aliphatic carbocycles. The minimum atomic E-state index is 0.184. The zero-order chi connectivity index (χ0) is 13.5. The fraction of sp³-hybridized carbons (Fsp3) is 0.600. The van der Waals surface area contributed by atoms with Gasteiger partial charge in [-0.1, -0.05) is 19.4 Å². The molecule has 1 aromatic rings. The number of nitrogens with one attached hydrogen (secondary N) is 1. The minimum Gasteiger partial charge on any atom is -0.370 e. The number of unbranched alkanes of at least 4 members (excludes halogenated alkanes) is 1. The number of hydrogen-bond acceptors (Lipinski definition) is 3. The Hall–Kier alpha value is -1.58. The summed E-state index contributed by atoms with van der Waals surface area (Å²) in [5.41, 5.74) is 1.16. The molecule has 1 saturated heterocycles. The number of likely N-dealkylation sites (tertiary alicyclic amines) is 1. The van der Waals surface area contributed by atoms with Crippen molar-refractivity contribution in [2.24, 2.45) is 0 Å². The highest BCUT2D eigenvalue weighted by Gasteiger charge is 2.24. The highest BCUT2D eigenvalue weighted by Crippen LogP contribution is 2.32. The smallest absolute Gasteiger partial charge is 0.210 e. The summed E-state index contributed by atoms with van der Waals surface area (Å²) in [6.45, 7) is 3.97. The Labute approximate surface area is 115 Å². The summed E-state index contributed by atoms with van der Waals surface area (Å²) in [5, 5.41) is 3.40. The van der Waals surface area contributed by atoms with Crippen LogP contribution in [0.25, 0.3) is 0 Å². The quantitative estimate of drug-likeness (QED) is 0.632. The van der Waals surface area contributed by atoms with E-state index in [2.05, 4.69) is 23.3 Å². The van der Waals surface area contributed by atoms with Crippen molar-refractivity contribution >= 4 is 12.2 Å². The SMILES string of the molecule is CCCCNc1ncccc1[C@@H]1CCCCN1C=O. The van der Waals surface area contributed by atoms with E-state index >= 15 is 0 Å². The van der Waals surface area contributed by atoms with E-state index in [-0.39, 0.29) is 6.04 Å². The zero-order valence-electron chi connectivity index (χ0n) is 11.6. The lowest BCUT2D eigenvalue weighted by molar-refractivity contribution is -0.121. The maximum absolute atomic E-state index is 11.2. The van der Waals surface area contributed by atoms with Crippen LogP contribution in [0.15, 0.2) is 18.3 Å². The first-order valence-corrected chi connectivity index (χ1v) is 7.26. The second-order valence-electron chi connectivity index (χ2n) is 5.08. The van der Waals surface area contributed by atoms with E-state index in [0.717, 1.165) is 50.1 Å². The number of rotatable bonds is 6. The van der Waals surface area contributed by atoms with Crippen molar-refractivity contribution < 1.29 is 4.79 Å². The predicted molar refractivity (Wildman–Crippen MR) is 77.0 cm³/mol. The van der Waals surface area contributed by atoms with Gasteiger partial charge in [0.1, 0.15) is 5.82 Å². The van der Waals surface area contributed by atoms with E-state index in [4.69, 9.17) is 0 Å². The van der Waals surface area contributed by atoms with Crippen LogP contribution < -0.4 is 5.32 Å². The Morgan fingerprint density at radius 1 is 1.53 bits per heavy atom. The van der Waals surface area contributed by atoms with Crippen LogP contribution in [0.2, 0.25) is 0 Å². The average Bonchev–Trinajstić information content (AvgIpc) is 2.48. The average molecular weight is 261 g/mol. The molecule has 0 spiro atoms. The van der Waals surface area contributed by atoms with Crippen LogP contribution in [0.1, 0.15) is 50.6 Å². The van der Waals surface area contributed by atoms with Gasteiger partial charge in [0.2, 0.25) is 6.41 Å². The lowest BCUT2D eigenvalue weighted by Gasteiger charge is -2.33. The van der Waals surface area contributed by atoms with Crippen LogP contribution in [0.5, 0.6) is 0 Å². The third-order valence-corrected chi connectivity index (χ3v) is 3.70. The molecule has 1 aliphatic rings. The number of carbonyl (C=O) groups excluding carboxylic acids is 1. The summed E-state index contributed by atoms with van der Waals surface area (Å²) in [4.78, 5) is 17.5. The molecule has 0 unspecified atom stereocenters. The van der Waals surface area contributed by atoms with Gasteiger partial charge in [0.05, 0.1) is 6.04 Å². The standard InChI is InChI=1S/C15H23N3O/c1-2-3-9-16-15-13(7-6-10-17-15)14-8-4-5-11-18(14)12-19/h6-7,10,12,14H,2-5,8-9,11H2,1H3,(H,16,17)/t14-/m0/s1. The highest BCUT2D eigenvalue weighted by molar-refractivity contribution is 5.53. The summed E-state index contributed by atoms with van der Waals surface area (Å²) in [6, 6.07) is 4.23. The van der Waals surface area contributed by atoms with E-state index in [9.17, 15) is 4.79 Å². The molecular weight excluding hydrogens is 238 g/mol. The van der Waals surface area contributed by atoms with Crippen LogP contribution in [0, 0.1) is 0 Å². The van der Waals surface area contributed by atoms with Crippen molar-refractivity contribution in [1.29, 1.82) is 0 Å². The molecule has 1 fully saturated rings. The second kappa shape index (κ2) is 7.12. The number of carbonyl (C=O) groups is 1. The van der Waals surface area contributed by atoms with Crippen molar-refractivity contribution in [2.75, 3.05) is 18.4 Å². The molecule has 1 aromatic heterocycles. The number of nitrogens with zero attached hydrogens (tertiary/aromatic N) is 2. The van der Waals surface area contributed by atoms with E-state index < -0.39 is 0 Å². The van der Waals surface area contributed by atoms with Gasteiger partial charge in [-0.3, -0.25) is 4.79 Å². The van der Waals surface area contributed by atoms with Gasteiger partial charge in [-0.15, -0.1) is 0 Å². The summed E-state index contributed by atoms with van der Waals surface area (Å²) < 4.78 is 0. The van der Waals surface area contributed by atoms with Crippen LogP contribution in [0.4, 0.5) is 5.82 Å². The highest BCUT2D eigenvalue weighted by atomic mass is 16.1. The molecule has 2 heterocycles. The van der Waals surface area contributed by atoms with Gasteiger partial charge < -0.3 is 10.2 Å². The first-order valence-electron chi connectivity index (χ1n) is 7.26. The summed E-state index contributed by atoms with van der Waals surface area (Å²) in [5.74, 6) is 0.940. The molecule has 19 heavy (non-hydrogen) atoms. The molecule has 1 N–H and O–H groups in total. The molecule has 1 atom stereocenters. The fourth-order valence-electron chi connectivity index (χ4n) is 2.63. The number of anilines is 1. The summed E-state index contributed by atoms with van der Waals surface area (Å²) >= 11 is 0. The van der Waals surface area contributed by atoms with E-state index in [1.807, 2.05) is 17.2 Å². The number of pyridine rings is 1. The van der Waals surface area contributed by atoms with Gasteiger partial charge in [0.15, 0.2) is 0 Å². The Morgan fingerprint density at radius 2 is 2.42 bits per heavy atom. The maximum atomic E-state index is 11.2. The Balaban J connectivity index is 2.15. The van der Waals surface area contributed by atoms with Crippen LogP contribution in [-0.4, -0.2) is 29.4 Å². The van der Waals surface area contributed by atoms with E-state index in [1.54, 1.807) is 0 Å². The van der Waals surface area contributed by atoms with Crippen molar-refractivity contribution in [3.05, 3.63) is 23.9 Å².